The van der Waals surface area contributed by atoms with Crippen LogP contribution in [0.25, 0.3) is 0 Å². The average molecular weight is 626 g/mol. The van der Waals surface area contributed by atoms with Gasteiger partial charge in [-0.15, -0.1) is 0 Å². The van der Waals surface area contributed by atoms with Crippen molar-refractivity contribution in [1.29, 1.82) is 0 Å². The van der Waals surface area contributed by atoms with Gasteiger partial charge in [0.2, 0.25) is 5.84 Å². The molecule has 36 heavy (non-hydrogen) atoms. The van der Waals surface area contributed by atoms with E-state index in [0.717, 1.165) is 16.7 Å². The van der Waals surface area contributed by atoms with Crippen LogP contribution in [0.15, 0.2) is 29.4 Å². The number of benzene rings is 3. The van der Waals surface area contributed by atoms with Gasteiger partial charge in [-0.2, -0.15) is 10.0 Å². The molecule has 0 aliphatic carbocycles. The van der Waals surface area contributed by atoms with Gasteiger partial charge < -0.3 is 0 Å². The van der Waals surface area contributed by atoms with E-state index in [0.29, 0.717) is 32.8 Å². The predicted molar refractivity (Wildman–Crippen MR) is 147 cm³/mol. The van der Waals surface area contributed by atoms with Crippen molar-refractivity contribution in [3.8, 4) is 0 Å². The molecule has 0 saturated heterocycles. The molecular weight excluding hydrogens is 612 g/mol. The molecule has 0 fully saturated rings. The average Bonchev–Trinajstić information content (AvgIpc) is 3.42. The lowest BCUT2D eigenvalue weighted by Crippen LogP contribution is -2.49. The number of carbonyl (C=O) groups is 1. The van der Waals surface area contributed by atoms with E-state index in [4.69, 9.17) is 86.1 Å². The second-order valence-electron chi connectivity index (χ2n) is 7.99. The number of amidine groups is 1. The lowest BCUT2D eigenvalue weighted by Gasteiger charge is -2.26. The Morgan fingerprint density at radius 1 is 0.722 bits per heavy atom. The maximum absolute atomic E-state index is 13.9. The summed E-state index contributed by atoms with van der Waals surface area (Å²) >= 11 is 44.5. The van der Waals surface area contributed by atoms with Gasteiger partial charge in [-0.05, 0) is 54.8 Å². The number of halogens is 7. The lowest BCUT2D eigenvalue weighted by atomic mass is 9.98. The summed E-state index contributed by atoms with van der Waals surface area (Å²) in [6, 6.07) is 7.10. The summed E-state index contributed by atoms with van der Waals surface area (Å²) in [5, 5.41) is 8.70. The first-order chi connectivity index (χ1) is 17.0. The van der Waals surface area contributed by atoms with Crippen LogP contribution < -0.4 is 10.0 Å². The maximum atomic E-state index is 13.9. The van der Waals surface area contributed by atoms with Crippen LogP contribution in [0.5, 0.6) is 0 Å². The van der Waals surface area contributed by atoms with Gasteiger partial charge in [0.25, 0.3) is 5.91 Å². The molecule has 0 saturated carbocycles. The third kappa shape index (κ3) is 3.58. The molecule has 3 aromatic rings. The van der Waals surface area contributed by atoms with E-state index in [1.54, 1.807) is 23.2 Å². The summed E-state index contributed by atoms with van der Waals surface area (Å²) in [5.41, 5.74) is 3.83. The van der Waals surface area contributed by atoms with Crippen molar-refractivity contribution in [2.75, 3.05) is 10.0 Å². The molecule has 6 nitrogen and oxygen atoms in total. The van der Waals surface area contributed by atoms with Crippen molar-refractivity contribution in [3.63, 3.8) is 0 Å². The summed E-state index contributed by atoms with van der Waals surface area (Å²) in [7, 11) is 0. The summed E-state index contributed by atoms with van der Waals surface area (Å²) in [6.07, 6.45) is 0. The van der Waals surface area contributed by atoms with E-state index in [1.165, 1.54) is 10.3 Å². The van der Waals surface area contributed by atoms with Gasteiger partial charge in [-0.3, -0.25) is 9.73 Å². The fraction of sp³-hybridized carbons (Fsp3) is 0.130. The Hall–Kier alpha value is -1.61. The summed E-state index contributed by atoms with van der Waals surface area (Å²) in [6.45, 7) is 5.57. The van der Waals surface area contributed by atoms with Crippen molar-refractivity contribution in [2.45, 2.75) is 20.8 Å². The Balaban J connectivity index is 1.67. The van der Waals surface area contributed by atoms with E-state index < -0.39 is 5.91 Å². The number of nitrogens with zero attached hydrogens (tertiary/aromatic N) is 4. The highest BCUT2D eigenvalue weighted by Crippen LogP contribution is 2.48. The molecule has 0 atom stereocenters. The fourth-order valence-corrected chi connectivity index (χ4v) is 5.94. The zero-order chi connectivity index (χ0) is 26.2. The molecule has 2 aliphatic rings. The quantitative estimate of drug-likeness (QED) is 0.211. The first kappa shape index (κ1) is 26.0. The third-order valence-corrected chi connectivity index (χ3v) is 9.40. The predicted octanol–water partition coefficient (Wildman–Crippen LogP) is 9.09. The maximum Gasteiger partial charge on any atom is 0.280 e. The van der Waals surface area contributed by atoms with Gasteiger partial charge in [-0.1, -0.05) is 93.3 Å². The largest absolute Gasteiger partial charge is 0.280 e. The number of hydrogen-bond acceptors (Lipinski definition) is 5. The Morgan fingerprint density at radius 3 is 1.78 bits per heavy atom. The van der Waals surface area contributed by atoms with E-state index in [1.807, 2.05) is 26.8 Å². The monoisotopic (exact) mass is 622 g/mol. The van der Waals surface area contributed by atoms with Crippen molar-refractivity contribution in [2.24, 2.45) is 5.16 Å². The van der Waals surface area contributed by atoms with Gasteiger partial charge in [0.05, 0.1) is 47.3 Å². The number of anilines is 2. The molecule has 186 valence electrons. The topological polar surface area (TPSA) is 48.4 Å². The number of fused-ring (bicyclic) bond motifs is 3. The summed E-state index contributed by atoms with van der Waals surface area (Å²) < 4.78 is 0. The molecule has 3 aromatic carbocycles. The zero-order valence-electron chi connectivity index (χ0n) is 18.6. The number of rotatable bonds is 2. The van der Waals surface area contributed by atoms with Gasteiger partial charge in [0.15, 0.2) is 0 Å². The Morgan fingerprint density at radius 2 is 1.22 bits per heavy atom. The van der Waals surface area contributed by atoms with Crippen molar-refractivity contribution >= 4 is 104 Å². The smallest absolute Gasteiger partial charge is 0.267 e. The first-order valence-electron chi connectivity index (χ1n) is 10.2. The molecule has 0 spiro atoms. The van der Waals surface area contributed by atoms with Crippen LogP contribution >= 0.6 is 81.2 Å². The number of hydrogen-bond donors (Lipinski definition) is 0. The number of carbonyl (C=O) groups excluding carboxylic acids is 1. The molecule has 1 amide bonds. The van der Waals surface area contributed by atoms with Gasteiger partial charge in [0.1, 0.15) is 0 Å². The minimum Gasteiger partial charge on any atom is -0.267 e. The van der Waals surface area contributed by atoms with Crippen molar-refractivity contribution < 1.29 is 9.73 Å². The van der Waals surface area contributed by atoms with Crippen LogP contribution in [0, 0.1) is 20.8 Å². The SMILES string of the molecule is Cc1c(Cl)c(C)c(C2=NON3N(C(=O)c4c(Cl)c(Cl)c(Cl)c(Cl)c4Cl)c4ccccc4N23)c(C)c1Cl. The molecular formula is C23H13Cl7N4O2. The minimum atomic E-state index is -0.676. The molecule has 0 radical (unpaired) electrons. The molecule has 5 rings (SSSR count). The standard InChI is InChI=1S/C23H13Cl7N4O2/c1-8-13(9(2)16(25)10(3)15(8)24)22-31-36-34-32(22)11-6-4-5-7-12(11)33(34)23(35)14-17(26)19(28)21(30)20(29)18(14)27/h4-7H,1-3H3. The molecule has 0 aromatic heterocycles. The number of oxime groups is 1. The highest BCUT2D eigenvalue weighted by molar-refractivity contribution is 6.56. The van der Waals surface area contributed by atoms with E-state index >= 15 is 0 Å². The second kappa shape index (κ2) is 9.29. The lowest BCUT2D eigenvalue weighted by molar-refractivity contribution is -0.135. The molecule has 13 heteroatoms. The molecule has 0 N–H and O–H groups in total. The van der Waals surface area contributed by atoms with Crippen molar-refractivity contribution in [1.82, 2.24) is 5.28 Å². The Kier molecular flexibility index (Phi) is 6.72. The Labute approximate surface area is 241 Å². The summed E-state index contributed by atoms with van der Waals surface area (Å²) in [4.78, 5) is 19.5. The first-order valence-corrected chi connectivity index (χ1v) is 12.9. The van der Waals surface area contributed by atoms with Crippen LogP contribution in [-0.4, -0.2) is 17.0 Å². The van der Waals surface area contributed by atoms with E-state index in [2.05, 4.69) is 5.16 Å². The van der Waals surface area contributed by atoms with E-state index in [9.17, 15) is 4.79 Å². The normalized spacial score (nSPS) is 14.7. The number of amides is 1. The van der Waals surface area contributed by atoms with Crippen LogP contribution in [0.1, 0.15) is 32.6 Å². The summed E-state index contributed by atoms with van der Waals surface area (Å²) in [5.74, 6) is -0.300. The van der Waals surface area contributed by atoms with Crippen LogP contribution in [0.3, 0.4) is 0 Å². The second-order valence-corrected chi connectivity index (χ2v) is 10.6. The molecule has 2 heterocycles. The Bertz CT molecular complexity index is 1450. The molecule has 2 aliphatic heterocycles. The van der Waals surface area contributed by atoms with Gasteiger partial charge in [0, 0.05) is 15.6 Å². The fourth-order valence-electron chi connectivity index (χ4n) is 4.21. The van der Waals surface area contributed by atoms with Crippen LogP contribution in [-0.2, 0) is 4.94 Å². The highest BCUT2D eigenvalue weighted by atomic mass is 35.5. The number of hydrazine groups is 2. The molecule has 0 bridgehead atoms. The number of para-hydroxylation sites is 2. The van der Waals surface area contributed by atoms with Crippen molar-refractivity contribution in [3.05, 3.63) is 87.2 Å². The highest BCUT2D eigenvalue weighted by Gasteiger charge is 2.48. The minimum absolute atomic E-state index is 0.0598. The van der Waals surface area contributed by atoms with E-state index in [-0.39, 0.29) is 30.7 Å². The molecule has 0 unspecified atom stereocenters. The van der Waals surface area contributed by atoms with Crippen LogP contribution in [0.2, 0.25) is 35.2 Å². The van der Waals surface area contributed by atoms with Gasteiger partial charge >= 0.3 is 0 Å². The van der Waals surface area contributed by atoms with Crippen LogP contribution in [0.4, 0.5) is 11.4 Å². The van der Waals surface area contributed by atoms with Gasteiger partial charge in [-0.25, -0.2) is 0 Å². The third-order valence-electron chi connectivity index (χ3n) is 5.99. The zero-order valence-corrected chi connectivity index (χ0v) is 23.9.